The van der Waals surface area contributed by atoms with Crippen molar-refractivity contribution in [1.29, 1.82) is 0 Å². The molecule has 0 spiro atoms. The number of anilines is 1. The first kappa shape index (κ1) is 14.0. The number of hydrazine groups is 1. The molecule has 2 rings (SSSR count). The molecule has 0 unspecified atom stereocenters. The van der Waals surface area contributed by atoms with Crippen molar-refractivity contribution in [1.82, 2.24) is 9.55 Å². The zero-order valence-corrected chi connectivity index (χ0v) is 11.4. The molecule has 0 saturated heterocycles. The summed E-state index contributed by atoms with van der Waals surface area (Å²) in [6, 6.07) is 4.86. The van der Waals surface area contributed by atoms with Crippen LogP contribution < -0.4 is 11.3 Å². The van der Waals surface area contributed by atoms with Gasteiger partial charge in [0, 0.05) is 30.9 Å². The van der Waals surface area contributed by atoms with E-state index in [1.165, 1.54) is 6.07 Å². The number of benzene rings is 1. The maximum atomic E-state index is 10.8. The van der Waals surface area contributed by atoms with E-state index in [1.54, 1.807) is 18.3 Å². The Hall–Kier alpha value is -2.41. The highest BCUT2D eigenvalue weighted by atomic mass is 16.6. The number of hydrogen-bond acceptors (Lipinski definition) is 5. The van der Waals surface area contributed by atoms with E-state index in [-0.39, 0.29) is 5.69 Å². The van der Waals surface area contributed by atoms with Crippen molar-refractivity contribution < 1.29 is 4.92 Å². The van der Waals surface area contributed by atoms with Crippen LogP contribution in [0.3, 0.4) is 0 Å². The molecule has 7 nitrogen and oxygen atoms in total. The highest BCUT2D eigenvalue weighted by molar-refractivity contribution is 5.62. The summed E-state index contributed by atoms with van der Waals surface area (Å²) in [5, 5.41) is 10.8. The maximum absolute atomic E-state index is 10.8. The zero-order valence-electron chi connectivity index (χ0n) is 11.4. The molecule has 0 radical (unpaired) electrons. The number of nitrogen functional groups attached to an aromatic ring is 1. The Morgan fingerprint density at radius 3 is 2.85 bits per heavy atom. The Morgan fingerprint density at radius 1 is 1.50 bits per heavy atom. The molecule has 0 aliphatic heterocycles. The van der Waals surface area contributed by atoms with Crippen LogP contribution in [0.2, 0.25) is 0 Å². The summed E-state index contributed by atoms with van der Waals surface area (Å²) in [5.74, 6) is 6.63. The topological polar surface area (TPSA) is 99.0 Å². The molecule has 106 valence electrons. The van der Waals surface area contributed by atoms with Gasteiger partial charge in [0.25, 0.3) is 5.69 Å². The van der Waals surface area contributed by atoms with Gasteiger partial charge >= 0.3 is 0 Å². The Balaban J connectivity index is 2.30. The number of hydrogen-bond donors (Lipinski definition) is 2. The molecular weight excluding hydrogens is 258 g/mol. The van der Waals surface area contributed by atoms with Gasteiger partial charge in [0.05, 0.1) is 4.92 Å². The minimum Gasteiger partial charge on any atom is -0.330 e. The standard InChI is InChI=1S/C13H17N5O2/c1-9(2)13-15-5-6-17(13)8-10-3-4-12(18(19)20)11(7-10)16-14/h3-7,9,16H,8,14H2,1-2H3. The van der Waals surface area contributed by atoms with Crippen LogP contribution in [0.15, 0.2) is 30.6 Å². The fourth-order valence-electron chi connectivity index (χ4n) is 2.11. The second-order valence-electron chi connectivity index (χ2n) is 4.82. The van der Waals surface area contributed by atoms with Crippen molar-refractivity contribution in [3.8, 4) is 0 Å². The molecule has 2 aromatic rings. The molecule has 0 atom stereocenters. The van der Waals surface area contributed by atoms with Crippen molar-refractivity contribution in [3.05, 3.63) is 52.1 Å². The molecule has 0 bridgehead atoms. The van der Waals surface area contributed by atoms with E-state index in [9.17, 15) is 10.1 Å². The van der Waals surface area contributed by atoms with E-state index in [0.717, 1.165) is 11.4 Å². The molecule has 7 heteroatoms. The highest BCUT2D eigenvalue weighted by Gasteiger charge is 2.14. The number of aromatic nitrogens is 2. The molecule has 1 aromatic heterocycles. The Morgan fingerprint density at radius 2 is 2.25 bits per heavy atom. The van der Waals surface area contributed by atoms with Gasteiger partial charge in [0.1, 0.15) is 11.5 Å². The summed E-state index contributed by atoms with van der Waals surface area (Å²) in [4.78, 5) is 14.7. The highest BCUT2D eigenvalue weighted by Crippen LogP contribution is 2.25. The van der Waals surface area contributed by atoms with Crippen molar-refractivity contribution in [2.75, 3.05) is 5.43 Å². The predicted molar refractivity (Wildman–Crippen MR) is 76.3 cm³/mol. The molecule has 0 aliphatic carbocycles. The number of nitrogens with zero attached hydrogens (tertiary/aromatic N) is 3. The third-order valence-electron chi connectivity index (χ3n) is 3.03. The van der Waals surface area contributed by atoms with Crippen LogP contribution in [0.5, 0.6) is 0 Å². The lowest BCUT2D eigenvalue weighted by molar-refractivity contribution is -0.384. The van der Waals surface area contributed by atoms with E-state index in [0.29, 0.717) is 18.2 Å². The SMILES string of the molecule is CC(C)c1nccn1Cc1ccc([N+](=O)[O-])c(NN)c1. The largest absolute Gasteiger partial charge is 0.330 e. The predicted octanol–water partition coefficient (Wildman–Crippen LogP) is 2.25. The van der Waals surface area contributed by atoms with Gasteiger partial charge in [0.2, 0.25) is 0 Å². The van der Waals surface area contributed by atoms with Gasteiger partial charge in [-0.15, -0.1) is 0 Å². The van der Waals surface area contributed by atoms with Gasteiger partial charge in [-0.25, -0.2) is 4.98 Å². The average molecular weight is 275 g/mol. The minimum atomic E-state index is -0.463. The molecular formula is C13H17N5O2. The van der Waals surface area contributed by atoms with Gasteiger partial charge < -0.3 is 9.99 Å². The smallest absolute Gasteiger partial charge is 0.293 e. The number of nitro benzene ring substituents is 1. The summed E-state index contributed by atoms with van der Waals surface area (Å²) in [6.07, 6.45) is 3.65. The molecule has 1 aromatic carbocycles. The van der Waals surface area contributed by atoms with Gasteiger partial charge in [-0.2, -0.15) is 0 Å². The van der Waals surface area contributed by atoms with Gasteiger partial charge in [-0.05, 0) is 11.6 Å². The van der Waals surface area contributed by atoms with Crippen molar-refractivity contribution >= 4 is 11.4 Å². The summed E-state index contributed by atoms with van der Waals surface area (Å²) < 4.78 is 2.02. The van der Waals surface area contributed by atoms with E-state index in [1.807, 2.05) is 10.8 Å². The van der Waals surface area contributed by atoms with Gasteiger partial charge in [0.15, 0.2) is 0 Å². The fraction of sp³-hybridized carbons (Fsp3) is 0.308. The third kappa shape index (κ3) is 2.77. The average Bonchev–Trinajstić information content (AvgIpc) is 2.86. The van der Waals surface area contributed by atoms with Crippen LogP contribution in [-0.4, -0.2) is 14.5 Å². The number of nitro groups is 1. The number of imidazole rings is 1. The van der Waals surface area contributed by atoms with Crippen LogP contribution in [0.4, 0.5) is 11.4 Å². The molecule has 0 amide bonds. The molecule has 1 heterocycles. The maximum Gasteiger partial charge on any atom is 0.293 e. The zero-order chi connectivity index (χ0) is 14.7. The first-order valence-electron chi connectivity index (χ1n) is 6.28. The molecule has 0 saturated carbocycles. The Kier molecular flexibility index (Phi) is 3.99. The van der Waals surface area contributed by atoms with Crippen LogP contribution in [-0.2, 0) is 6.54 Å². The quantitative estimate of drug-likeness (QED) is 0.495. The monoisotopic (exact) mass is 275 g/mol. The van der Waals surface area contributed by atoms with Crippen LogP contribution >= 0.6 is 0 Å². The van der Waals surface area contributed by atoms with Gasteiger partial charge in [-0.1, -0.05) is 19.9 Å². The number of nitrogens with one attached hydrogen (secondary N) is 1. The Bertz CT molecular complexity index is 621. The second kappa shape index (κ2) is 5.70. The number of rotatable bonds is 5. The van der Waals surface area contributed by atoms with E-state index in [4.69, 9.17) is 5.84 Å². The van der Waals surface area contributed by atoms with Crippen molar-refractivity contribution in [2.24, 2.45) is 5.84 Å². The first-order valence-corrected chi connectivity index (χ1v) is 6.28. The lowest BCUT2D eigenvalue weighted by Crippen LogP contribution is -2.11. The van der Waals surface area contributed by atoms with Gasteiger partial charge in [-0.3, -0.25) is 16.0 Å². The summed E-state index contributed by atoms with van der Waals surface area (Å²) >= 11 is 0. The Labute approximate surface area is 116 Å². The minimum absolute atomic E-state index is 0.0361. The molecule has 0 fully saturated rings. The van der Waals surface area contributed by atoms with E-state index in [2.05, 4.69) is 24.3 Å². The second-order valence-corrected chi connectivity index (χ2v) is 4.82. The van der Waals surface area contributed by atoms with Crippen LogP contribution in [0.25, 0.3) is 0 Å². The van der Waals surface area contributed by atoms with Crippen molar-refractivity contribution in [2.45, 2.75) is 26.3 Å². The third-order valence-corrected chi connectivity index (χ3v) is 3.03. The summed E-state index contributed by atoms with van der Waals surface area (Å²) in [5.41, 5.74) is 3.56. The number of nitrogens with two attached hydrogens (primary N) is 1. The molecule has 20 heavy (non-hydrogen) atoms. The summed E-state index contributed by atoms with van der Waals surface area (Å²) in [6.45, 7) is 4.74. The van der Waals surface area contributed by atoms with Crippen molar-refractivity contribution in [3.63, 3.8) is 0 Å². The van der Waals surface area contributed by atoms with Crippen LogP contribution in [0, 0.1) is 10.1 Å². The molecule has 3 N–H and O–H groups in total. The van der Waals surface area contributed by atoms with Crippen LogP contribution in [0.1, 0.15) is 31.2 Å². The summed E-state index contributed by atoms with van der Waals surface area (Å²) in [7, 11) is 0. The van der Waals surface area contributed by atoms with E-state index >= 15 is 0 Å². The van der Waals surface area contributed by atoms with E-state index < -0.39 is 4.92 Å². The first-order chi connectivity index (χ1) is 9.52. The lowest BCUT2D eigenvalue weighted by Gasteiger charge is -2.11. The lowest BCUT2D eigenvalue weighted by atomic mass is 10.1. The fourth-order valence-corrected chi connectivity index (χ4v) is 2.11. The molecule has 0 aliphatic rings. The normalized spacial score (nSPS) is 10.8.